The normalized spacial score (nSPS) is 12.3. The van der Waals surface area contributed by atoms with Gasteiger partial charge in [0.1, 0.15) is 12.3 Å². The SMILES string of the molecule is O=c1[nH]/c(=N\c2ccc(Oc3ccccn3)cc2)n(Cc2ccc(Cl)cc2)c2ncn(CC(F)(F)F)c12. The number of hydrogen-bond acceptors (Lipinski definition) is 5. The van der Waals surface area contributed by atoms with Gasteiger partial charge in [-0.05, 0) is 48.0 Å². The minimum atomic E-state index is -4.52. The largest absolute Gasteiger partial charge is 0.439 e. The van der Waals surface area contributed by atoms with Crippen LogP contribution in [0.2, 0.25) is 5.02 Å². The van der Waals surface area contributed by atoms with Gasteiger partial charge in [-0.25, -0.2) is 15.0 Å². The fraction of sp³-hybridized carbons (Fsp3) is 0.120. The van der Waals surface area contributed by atoms with Crippen molar-refractivity contribution in [2.24, 2.45) is 4.99 Å². The Morgan fingerprint density at radius 3 is 2.43 bits per heavy atom. The lowest BCUT2D eigenvalue weighted by atomic mass is 10.2. The van der Waals surface area contributed by atoms with E-state index in [4.69, 9.17) is 16.3 Å². The molecule has 0 spiro atoms. The lowest BCUT2D eigenvalue weighted by Crippen LogP contribution is -2.33. The Hall–Kier alpha value is -4.38. The fourth-order valence-corrected chi connectivity index (χ4v) is 3.82. The molecule has 0 saturated heterocycles. The van der Waals surface area contributed by atoms with E-state index in [0.717, 1.165) is 16.5 Å². The highest BCUT2D eigenvalue weighted by Gasteiger charge is 2.29. The zero-order valence-corrected chi connectivity index (χ0v) is 19.7. The summed E-state index contributed by atoms with van der Waals surface area (Å²) < 4.78 is 47.3. The van der Waals surface area contributed by atoms with Crippen molar-refractivity contribution in [2.75, 3.05) is 0 Å². The molecule has 0 aliphatic rings. The Morgan fingerprint density at radius 1 is 1.00 bits per heavy atom. The zero-order valence-electron chi connectivity index (χ0n) is 19.0. The van der Waals surface area contributed by atoms with Crippen LogP contribution in [-0.4, -0.2) is 30.3 Å². The van der Waals surface area contributed by atoms with Gasteiger partial charge >= 0.3 is 6.18 Å². The summed E-state index contributed by atoms with van der Waals surface area (Å²) in [5.74, 6) is 0.957. The fourth-order valence-electron chi connectivity index (χ4n) is 3.69. The predicted octanol–water partition coefficient (Wildman–Crippen LogP) is 5.21. The maximum absolute atomic E-state index is 13.1. The summed E-state index contributed by atoms with van der Waals surface area (Å²) in [5.41, 5.74) is 0.494. The molecule has 0 amide bonds. The van der Waals surface area contributed by atoms with Crippen molar-refractivity contribution in [1.82, 2.24) is 24.1 Å². The van der Waals surface area contributed by atoms with Crippen molar-refractivity contribution in [3.8, 4) is 11.6 Å². The molecular formula is C25H18ClF3N6O2. The van der Waals surface area contributed by atoms with E-state index >= 15 is 0 Å². The molecule has 0 atom stereocenters. The number of benzene rings is 2. The van der Waals surface area contributed by atoms with Crippen molar-refractivity contribution < 1.29 is 17.9 Å². The third kappa shape index (κ3) is 5.72. The molecule has 0 saturated carbocycles. The second-order valence-electron chi connectivity index (χ2n) is 8.03. The van der Waals surface area contributed by atoms with Crippen LogP contribution in [-0.2, 0) is 13.1 Å². The van der Waals surface area contributed by atoms with E-state index in [2.05, 4.69) is 19.9 Å². The van der Waals surface area contributed by atoms with Crippen molar-refractivity contribution in [3.05, 3.63) is 106 Å². The van der Waals surface area contributed by atoms with Crippen LogP contribution in [0, 0.1) is 0 Å². The van der Waals surface area contributed by atoms with Crippen LogP contribution in [0.15, 0.2) is 89.0 Å². The van der Waals surface area contributed by atoms with Gasteiger partial charge in [0, 0.05) is 17.3 Å². The summed E-state index contributed by atoms with van der Waals surface area (Å²) >= 11 is 5.99. The molecular weight excluding hydrogens is 509 g/mol. The van der Waals surface area contributed by atoms with Crippen LogP contribution in [0.4, 0.5) is 18.9 Å². The quantitative estimate of drug-likeness (QED) is 0.329. The second-order valence-corrected chi connectivity index (χ2v) is 8.46. The number of nitrogens with one attached hydrogen (secondary N) is 1. The van der Waals surface area contributed by atoms with Gasteiger partial charge in [-0.1, -0.05) is 29.8 Å². The van der Waals surface area contributed by atoms with Gasteiger partial charge in [-0.2, -0.15) is 13.2 Å². The molecule has 1 N–H and O–H groups in total. The highest BCUT2D eigenvalue weighted by molar-refractivity contribution is 6.30. The van der Waals surface area contributed by atoms with Crippen LogP contribution >= 0.6 is 11.6 Å². The summed E-state index contributed by atoms with van der Waals surface area (Å²) in [7, 11) is 0. The van der Waals surface area contributed by atoms with Crippen molar-refractivity contribution in [3.63, 3.8) is 0 Å². The molecule has 5 aromatic rings. The number of aromatic nitrogens is 5. The molecule has 3 heterocycles. The van der Waals surface area contributed by atoms with Crippen molar-refractivity contribution in [2.45, 2.75) is 19.3 Å². The summed E-state index contributed by atoms with van der Waals surface area (Å²) in [6, 6.07) is 18.9. The van der Waals surface area contributed by atoms with Crippen LogP contribution in [0.3, 0.4) is 0 Å². The molecule has 0 aliphatic carbocycles. The van der Waals surface area contributed by atoms with Crippen LogP contribution in [0.5, 0.6) is 11.6 Å². The first-order valence-corrected chi connectivity index (χ1v) is 11.4. The summed E-state index contributed by atoms with van der Waals surface area (Å²) in [5, 5.41) is 0.535. The number of alkyl halides is 3. The number of pyridine rings is 1. The van der Waals surface area contributed by atoms with E-state index in [1.54, 1.807) is 77.5 Å². The summed E-state index contributed by atoms with van der Waals surface area (Å²) in [6.07, 6.45) is -1.91. The Morgan fingerprint density at radius 2 is 1.76 bits per heavy atom. The Kier molecular flexibility index (Phi) is 6.53. The number of fused-ring (bicyclic) bond motifs is 1. The van der Waals surface area contributed by atoms with Gasteiger partial charge in [0.15, 0.2) is 11.2 Å². The van der Waals surface area contributed by atoms with Gasteiger partial charge in [0.25, 0.3) is 5.56 Å². The van der Waals surface area contributed by atoms with E-state index in [1.807, 2.05) is 0 Å². The first kappa shape index (κ1) is 24.3. The van der Waals surface area contributed by atoms with E-state index in [-0.39, 0.29) is 23.3 Å². The molecule has 188 valence electrons. The molecule has 0 aliphatic heterocycles. The molecule has 12 heteroatoms. The Balaban J connectivity index is 1.59. The smallest absolute Gasteiger partial charge is 0.406 e. The van der Waals surface area contributed by atoms with Crippen LogP contribution < -0.4 is 15.9 Å². The highest BCUT2D eigenvalue weighted by Crippen LogP contribution is 2.23. The number of ether oxygens (including phenoxy) is 1. The Bertz CT molecular complexity index is 1660. The van der Waals surface area contributed by atoms with E-state index in [0.29, 0.717) is 22.3 Å². The Labute approximate surface area is 212 Å². The molecule has 3 aromatic heterocycles. The third-order valence-electron chi connectivity index (χ3n) is 5.31. The molecule has 37 heavy (non-hydrogen) atoms. The van der Waals surface area contributed by atoms with Crippen molar-refractivity contribution >= 4 is 28.5 Å². The average Bonchev–Trinajstić information content (AvgIpc) is 3.27. The van der Waals surface area contributed by atoms with Crippen molar-refractivity contribution in [1.29, 1.82) is 0 Å². The minimum absolute atomic E-state index is 0.0665. The van der Waals surface area contributed by atoms with E-state index in [9.17, 15) is 18.0 Å². The van der Waals surface area contributed by atoms with Gasteiger partial charge in [0.2, 0.25) is 11.5 Å². The molecule has 5 rings (SSSR count). The average molecular weight is 527 g/mol. The number of imidazole rings is 1. The van der Waals surface area contributed by atoms with E-state index in [1.165, 1.54) is 0 Å². The lowest BCUT2D eigenvalue weighted by molar-refractivity contribution is -0.140. The number of halogens is 4. The zero-order chi connectivity index (χ0) is 26.0. The van der Waals surface area contributed by atoms with E-state index < -0.39 is 18.3 Å². The minimum Gasteiger partial charge on any atom is -0.439 e. The monoisotopic (exact) mass is 526 g/mol. The van der Waals surface area contributed by atoms with Gasteiger partial charge < -0.3 is 9.30 Å². The number of nitrogens with zero attached hydrogens (tertiary/aromatic N) is 5. The molecule has 0 fully saturated rings. The molecule has 2 aromatic carbocycles. The standard InChI is InChI=1S/C25H18ClF3N6O2/c26-17-6-4-16(5-7-17)13-35-22-21(34(15-31-22)14-25(27,28)29)23(36)33-24(35)32-18-8-10-19(11-9-18)37-20-3-1-2-12-30-20/h1-12,15H,13-14H2,(H,32,33,36). The first-order chi connectivity index (χ1) is 17.7. The van der Waals surface area contributed by atoms with Crippen LogP contribution in [0.1, 0.15) is 5.56 Å². The maximum Gasteiger partial charge on any atom is 0.406 e. The number of H-pyrrole nitrogens is 1. The summed E-state index contributed by atoms with van der Waals surface area (Å²) in [4.78, 5) is 28.3. The molecule has 0 radical (unpaired) electrons. The highest BCUT2D eigenvalue weighted by atomic mass is 35.5. The number of rotatable bonds is 6. The topological polar surface area (TPSA) is 90.1 Å². The molecule has 0 bridgehead atoms. The third-order valence-corrected chi connectivity index (χ3v) is 5.56. The molecule has 8 nitrogen and oxygen atoms in total. The van der Waals surface area contributed by atoms with Gasteiger partial charge in [0.05, 0.1) is 18.6 Å². The molecule has 0 unspecified atom stereocenters. The number of hydrogen-bond donors (Lipinski definition) is 1. The van der Waals surface area contributed by atoms with Gasteiger partial charge in [-0.3, -0.25) is 14.3 Å². The predicted molar refractivity (Wildman–Crippen MR) is 131 cm³/mol. The first-order valence-electron chi connectivity index (χ1n) is 11.0. The maximum atomic E-state index is 13.1. The summed E-state index contributed by atoms with van der Waals surface area (Å²) in [6.45, 7) is -1.17. The van der Waals surface area contributed by atoms with Crippen LogP contribution in [0.25, 0.3) is 11.2 Å². The lowest BCUT2D eigenvalue weighted by Gasteiger charge is -2.11. The second kappa shape index (κ2) is 9.94. The van der Waals surface area contributed by atoms with Gasteiger partial charge in [-0.15, -0.1) is 0 Å². The number of aromatic amines is 1.